The largest absolute Gasteiger partial charge is 1.00 e. The standard InChI is InChI=1S/C21H35N2O.ClH/c1-4-6-7-8-9-10-13-17-24-18-23-20-16-12-11-15-19(20)22(3)21(23)14-5-2;/h11-12,15-16H,4-10,13-14,17-18H2,1-3H3;1H/q+1;/p-1. The summed E-state index contributed by atoms with van der Waals surface area (Å²) in [6.07, 6.45) is 11.6. The number of nitrogens with zero attached hydrogens (tertiary/aromatic N) is 2. The van der Waals surface area contributed by atoms with Crippen LogP contribution >= 0.6 is 0 Å². The number of hydrogen-bond acceptors (Lipinski definition) is 1. The van der Waals surface area contributed by atoms with Gasteiger partial charge in [-0.15, -0.1) is 0 Å². The maximum absolute atomic E-state index is 6.01. The van der Waals surface area contributed by atoms with Crippen LogP contribution in [0.3, 0.4) is 0 Å². The number of hydrogen-bond donors (Lipinski definition) is 0. The number of ether oxygens (including phenoxy) is 1. The van der Waals surface area contributed by atoms with Gasteiger partial charge in [0.15, 0.2) is 17.8 Å². The highest BCUT2D eigenvalue weighted by molar-refractivity contribution is 5.72. The molecule has 1 aromatic carbocycles. The molecule has 0 bridgehead atoms. The number of halogens is 1. The molecule has 4 heteroatoms. The van der Waals surface area contributed by atoms with Crippen molar-refractivity contribution in [2.45, 2.75) is 78.4 Å². The van der Waals surface area contributed by atoms with Crippen LogP contribution < -0.4 is 17.0 Å². The molecule has 0 radical (unpaired) electrons. The van der Waals surface area contributed by atoms with E-state index in [4.69, 9.17) is 4.74 Å². The van der Waals surface area contributed by atoms with Crippen molar-refractivity contribution in [3.63, 3.8) is 0 Å². The van der Waals surface area contributed by atoms with E-state index in [1.807, 2.05) is 0 Å². The predicted molar refractivity (Wildman–Crippen MR) is 101 cm³/mol. The third kappa shape index (κ3) is 6.31. The minimum absolute atomic E-state index is 0. The smallest absolute Gasteiger partial charge is 0.259 e. The molecule has 0 spiro atoms. The number of fused-ring (bicyclic) bond motifs is 1. The Balaban J connectivity index is 0.00000312. The summed E-state index contributed by atoms with van der Waals surface area (Å²) in [5.74, 6) is 1.36. The maximum Gasteiger partial charge on any atom is 0.259 e. The Labute approximate surface area is 159 Å². The number of aryl methyl sites for hydroxylation is 1. The molecular formula is C21H35ClN2O. The molecule has 0 amide bonds. The van der Waals surface area contributed by atoms with Crippen LogP contribution in [0.4, 0.5) is 0 Å². The lowest BCUT2D eigenvalue weighted by atomic mass is 10.1. The van der Waals surface area contributed by atoms with Crippen molar-refractivity contribution in [1.29, 1.82) is 0 Å². The van der Waals surface area contributed by atoms with Crippen molar-refractivity contribution in [2.75, 3.05) is 6.61 Å². The number of unbranched alkanes of at least 4 members (excludes halogenated alkanes) is 6. The van der Waals surface area contributed by atoms with Gasteiger partial charge >= 0.3 is 0 Å². The van der Waals surface area contributed by atoms with Crippen molar-refractivity contribution < 1.29 is 21.7 Å². The minimum atomic E-state index is 0. The first kappa shape index (κ1) is 22.0. The number of imidazole rings is 1. The summed E-state index contributed by atoms with van der Waals surface area (Å²) in [5.41, 5.74) is 2.57. The number of para-hydroxylation sites is 2. The highest BCUT2D eigenvalue weighted by atomic mass is 35.5. The van der Waals surface area contributed by atoms with Crippen molar-refractivity contribution in [2.24, 2.45) is 7.05 Å². The van der Waals surface area contributed by atoms with E-state index in [1.54, 1.807) is 0 Å². The van der Waals surface area contributed by atoms with Crippen LogP contribution in [-0.2, 0) is 24.9 Å². The zero-order chi connectivity index (χ0) is 17.2. The van der Waals surface area contributed by atoms with E-state index in [9.17, 15) is 0 Å². The summed E-state index contributed by atoms with van der Waals surface area (Å²) in [6.45, 7) is 6.05. The Bertz CT molecular complexity index is 609. The molecule has 0 N–H and O–H groups in total. The van der Waals surface area contributed by atoms with Crippen molar-refractivity contribution >= 4 is 11.0 Å². The van der Waals surface area contributed by atoms with Crippen molar-refractivity contribution in [3.05, 3.63) is 30.1 Å². The second-order valence-corrected chi connectivity index (χ2v) is 6.80. The average Bonchev–Trinajstić information content (AvgIpc) is 2.87. The summed E-state index contributed by atoms with van der Waals surface area (Å²) in [4.78, 5) is 0. The molecule has 1 heterocycles. The zero-order valence-electron chi connectivity index (χ0n) is 16.3. The van der Waals surface area contributed by atoms with E-state index in [2.05, 4.69) is 54.3 Å². The SMILES string of the molecule is CCCCCCCCCOCn1c(CCC)[n+](C)c2ccccc21.[Cl-]. The van der Waals surface area contributed by atoms with Crippen LogP contribution in [0.5, 0.6) is 0 Å². The van der Waals surface area contributed by atoms with Gasteiger partial charge in [0.1, 0.15) is 0 Å². The average molecular weight is 367 g/mol. The molecule has 0 fully saturated rings. The third-order valence-electron chi connectivity index (χ3n) is 4.82. The highest BCUT2D eigenvalue weighted by Gasteiger charge is 2.21. The first-order valence-electron chi connectivity index (χ1n) is 9.83. The van der Waals surface area contributed by atoms with Gasteiger partial charge in [-0.2, -0.15) is 0 Å². The zero-order valence-corrected chi connectivity index (χ0v) is 17.0. The van der Waals surface area contributed by atoms with Crippen LogP contribution in [-0.4, -0.2) is 11.2 Å². The van der Waals surface area contributed by atoms with Gasteiger partial charge in [-0.25, -0.2) is 9.13 Å². The molecule has 2 rings (SSSR count). The summed E-state index contributed by atoms with van der Waals surface area (Å²) in [7, 11) is 2.17. The van der Waals surface area contributed by atoms with Gasteiger partial charge in [0, 0.05) is 6.42 Å². The second kappa shape index (κ2) is 12.3. The van der Waals surface area contributed by atoms with Crippen molar-refractivity contribution in [3.8, 4) is 0 Å². The molecule has 0 unspecified atom stereocenters. The molecule has 0 atom stereocenters. The van der Waals surface area contributed by atoms with Crippen LogP contribution in [0.1, 0.15) is 71.0 Å². The minimum Gasteiger partial charge on any atom is -1.00 e. The van der Waals surface area contributed by atoms with Crippen LogP contribution in [0.15, 0.2) is 24.3 Å². The monoisotopic (exact) mass is 366 g/mol. The first-order valence-corrected chi connectivity index (χ1v) is 9.83. The summed E-state index contributed by atoms with van der Waals surface area (Å²) >= 11 is 0. The van der Waals surface area contributed by atoms with E-state index in [1.165, 1.54) is 61.8 Å². The van der Waals surface area contributed by atoms with Crippen LogP contribution in [0.2, 0.25) is 0 Å². The number of rotatable bonds is 12. The van der Waals surface area contributed by atoms with Gasteiger partial charge in [0.25, 0.3) is 5.82 Å². The Kier molecular flexibility index (Phi) is 10.8. The molecule has 0 aliphatic rings. The fraction of sp³-hybridized carbons (Fsp3) is 0.667. The van der Waals surface area contributed by atoms with E-state index in [0.29, 0.717) is 6.73 Å². The number of benzene rings is 1. The third-order valence-corrected chi connectivity index (χ3v) is 4.82. The van der Waals surface area contributed by atoms with E-state index >= 15 is 0 Å². The van der Waals surface area contributed by atoms with Crippen LogP contribution in [0, 0.1) is 0 Å². The van der Waals surface area contributed by atoms with Gasteiger partial charge in [0.2, 0.25) is 0 Å². The second-order valence-electron chi connectivity index (χ2n) is 6.80. The lowest BCUT2D eigenvalue weighted by Crippen LogP contribution is -3.00. The Morgan fingerprint density at radius 2 is 1.60 bits per heavy atom. The van der Waals surface area contributed by atoms with Gasteiger partial charge < -0.3 is 17.1 Å². The first-order chi connectivity index (χ1) is 11.8. The molecule has 0 saturated carbocycles. The molecule has 25 heavy (non-hydrogen) atoms. The molecule has 3 nitrogen and oxygen atoms in total. The highest BCUT2D eigenvalue weighted by Crippen LogP contribution is 2.15. The Morgan fingerprint density at radius 1 is 0.920 bits per heavy atom. The predicted octanol–water partition coefficient (Wildman–Crippen LogP) is 2.15. The molecule has 142 valence electrons. The fourth-order valence-corrected chi connectivity index (χ4v) is 3.42. The topological polar surface area (TPSA) is 18.0 Å². The molecule has 1 aromatic heterocycles. The summed E-state index contributed by atoms with van der Waals surface area (Å²) in [5, 5.41) is 0. The van der Waals surface area contributed by atoms with Crippen LogP contribution in [0.25, 0.3) is 11.0 Å². The fourth-order valence-electron chi connectivity index (χ4n) is 3.42. The maximum atomic E-state index is 6.01. The van der Waals surface area contributed by atoms with E-state index in [-0.39, 0.29) is 12.4 Å². The molecule has 0 aliphatic carbocycles. The van der Waals surface area contributed by atoms with E-state index < -0.39 is 0 Å². The van der Waals surface area contributed by atoms with Gasteiger partial charge in [-0.05, 0) is 25.0 Å². The van der Waals surface area contributed by atoms with Gasteiger partial charge in [-0.1, -0.05) is 64.5 Å². The van der Waals surface area contributed by atoms with Gasteiger partial charge in [-0.3, -0.25) is 0 Å². The molecular weight excluding hydrogens is 332 g/mol. The summed E-state index contributed by atoms with van der Waals surface area (Å²) in [6, 6.07) is 8.62. The Hall–Kier alpha value is -1.06. The van der Waals surface area contributed by atoms with Gasteiger partial charge in [0.05, 0.1) is 13.7 Å². The quantitative estimate of drug-likeness (QED) is 0.416. The lowest BCUT2D eigenvalue weighted by molar-refractivity contribution is -0.654. The molecule has 0 aliphatic heterocycles. The Morgan fingerprint density at radius 3 is 2.32 bits per heavy atom. The van der Waals surface area contributed by atoms with Crippen molar-refractivity contribution in [1.82, 2.24) is 4.57 Å². The van der Waals surface area contributed by atoms with E-state index in [0.717, 1.165) is 19.4 Å². The normalized spacial score (nSPS) is 11.0. The molecule has 2 aromatic rings. The summed E-state index contributed by atoms with van der Waals surface area (Å²) < 4.78 is 10.7. The number of aromatic nitrogens is 2. The molecule has 0 saturated heterocycles. The lowest BCUT2D eigenvalue weighted by Gasteiger charge is -2.05.